The van der Waals surface area contributed by atoms with Gasteiger partial charge in [-0.25, -0.2) is 4.79 Å². The van der Waals surface area contributed by atoms with E-state index in [9.17, 15) is 14.7 Å². The molecule has 0 aromatic carbocycles. The number of carbonyl (C=O) groups excluding carboxylic acids is 2. The molecule has 0 saturated carbocycles. The van der Waals surface area contributed by atoms with Crippen LogP contribution >= 0.6 is 0 Å². The summed E-state index contributed by atoms with van der Waals surface area (Å²) >= 11 is 0. The quantitative estimate of drug-likeness (QED) is 0.831. The maximum Gasteiger partial charge on any atom is 0.407 e. The van der Waals surface area contributed by atoms with Gasteiger partial charge in [-0.05, 0) is 40.5 Å². The Balaban J connectivity index is 2.68. The molecule has 2 N–H and O–H groups in total. The molecule has 0 aliphatic carbocycles. The van der Waals surface area contributed by atoms with Crippen LogP contribution in [0.5, 0.6) is 0 Å². The van der Waals surface area contributed by atoms with Crippen LogP contribution in [0.2, 0.25) is 0 Å². The largest absolute Gasteiger partial charge is 0.444 e. The average molecular weight is 314 g/mol. The molecule has 2 amide bonds. The number of aliphatic hydroxyl groups is 1. The molecule has 6 nitrogen and oxygen atoms in total. The zero-order chi connectivity index (χ0) is 16.9. The smallest absolute Gasteiger partial charge is 0.407 e. The van der Waals surface area contributed by atoms with Crippen molar-refractivity contribution in [1.29, 1.82) is 0 Å². The summed E-state index contributed by atoms with van der Waals surface area (Å²) in [6.45, 7) is 10.1. The van der Waals surface area contributed by atoms with Crippen LogP contribution in [-0.4, -0.2) is 52.8 Å². The van der Waals surface area contributed by atoms with E-state index in [4.69, 9.17) is 4.74 Å². The lowest BCUT2D eigenvalue weighted by atomic mass is 9.90. The molecule has 3 unspecified atom stereocenters. The summed E-state index contributed by atoms with van der Waals surface area (Å²) < 4.78 is 5.26. The molecule has 0 aromatic rings. The standard InChI is InChI=1S/C16H30N2O4/c1-6-7-14(20)18-9-12(11(2)19)8-13(10-18)17-15(21)22-16(3,4)5/h11-13,19H,6-10H2,1-5H3,(H,17,21). The molecule has 1 rings (SSSR count). The first-order valence-corrected chi connectivity index (χ1v) is 8.07. The maximum absolute atomic E-state index is 12.1. The van der Waals surface area contributed by atoms with E-state index in [1.165, 1.54) is 0 Å². The highest BCUT2D eigenvalue weighted by Crippen LogP contribution is 2.21. The van der Waals surface area contributed by atoms with E-state index < -0.39 is 17.8 Å². The number of aliphatic hydroxyl groups excluding tert-OH is 1. The van der Waals surface area contributed by atoms with E-state index in [1.807, 2.05) is 27.7 Å². The van der Waals surface area contributed by atoms with Crippen LogP contribution in [0.3, 0.4) is 0 Å². The molecule has 1 heterocycles. The predicted molar refractivity (Wildman–Crippen MR) is 84.4 cm³/mol. The van der Waals surface area contributed by atoms with Crippen LogP contribution in [0.25, 0.3) is 0 Å². The molecule has 0 radical (unpaired) electrons. The minimum absolute atomic E-state index is 0.0329. The summed E-state index contributed by atoms with van der Waals surface area (Å²) in [5.41, 5.74) is -0.555. The van der Waals surface area contributed by atoms with E-state index in [-0.39, 0.29) is 17.9 Å². The Morgan fingerprint density at radius 2 is 2.00 bits per heavy atom. The summed E-state index contributed by atoms with van der Waals surface area (Å²) in [5, 5.41) is 12.7. The molecule has 0 spiro atoms. The Bertz CT molecular complexity index is 390. The van der Waals surface area contributed by atoms with Gasteiger partial charge >= 0.3 is 6.09 Å². The van der Waals surface area contributed by atoms with Crippen LogP contribution in [0.4, 0.5) is 4.79 Å². The highest BCUT2D eigenvalue weighted by Gasteiger charge is 2.33. The molecular weight excluding hydrogens is 284 g/mol. The predicted octanol–water partition coefficient (Wildman–Crippen LogP) is 1.91. The summed E-state index contributed by atoms with van der Waals surface area (Å²) in [6, 6.07) is -0.191. The van der Waals surface area contributed by atoms with E-state index >= 15 is 0 Å². The molecule has 0 aromatic heterocycles. The van der Waals surface area contributed by atoms with Gasteiger partial charge in [0.1, 0.15) is 5.60 Å². The van der Waals surface area contributed by atoms with Gasteiger partial charge in [0.05, 0.1) is 12.1 Å². The van der Waals surface area contributed by atoms with Gasteiger partial charge in [-0.1, -0.05) is 6.92 Å². The number of piperidine rings is 1. The Morgan fingerprint density at radius 1 is 1.36 bits per heavy atom. The minimum Gasteiger partial charge on any atom is -0.444 e. The third kappa shape index (κ3) is 6.22. The monoisotopic (exact) mass is 314 g/mol. The van der Waals surface area contributed by atoms with E-state index in [1.54, 1.807) is 11.8 Å². The van der Waals surface area contributed by atoms with Crippen LogP contribution in [-0.2, 0) is 9.53 Å². The van der Waals surface area contributed by atoms with Crippen molar-refractivity contribution in [3.8, 4) is 0 Å². The molecular formula is C16H30N2O4. The summed E-state index contributed by atoms with van der Waals surface area (Å²) in [7, 11) is 0. The number of hydrogen-bond donors (Lipinski definition) is 2. The second kappa shape index (κ2) is 7.81. The molecule has 1 aliphatic rings. The zero-order valence-corrected chi connectivity index (χ0v) is 14.4. The molecule has 6 heteroatoms. The van der Waals surface area contributed by atoms with Crippen LogP contribution in [0.1, 0.15) is 53.9 Å². The van der Waals surface area contributed by atoms with Crippen molar-refractivity contribution in [2.75, 3.05) is 13.1 Å². The second-order valence-corrected chi connectivity index (χ2v) is 7.13. The van der Waals surface area contributed by atoms with Gasteiger partial charge in [-0.3, -0.25) is 4.79 Å². The van der Waals surface area contributed by atoms with Crippen molar-refractivity contribution in [3.63, 3.8) is 0 Å². The Hall–Kier alpha value is -1.30. The summed E-state index contributed by atoms with van der Waals surface area (Å²) in [4.78, 5) is 25.8. The van der Waals surface area contributed by atoms with Crippen LogP contribution < -0.4 is 5.32 Å². The van der Waals surface area contributed by atoms with E-state index in [0.717, 1.165) is 6.42 Å². The number of hydrogen-bond acceptors (Lipinski definition) is 4. The average Bonchev–Trinajstić information content (AvgIpc) is 2.36. The van der Waals surface area contributed by atoms with Gasteiger partial charge in [0, 0.05) is 25.4 Å². The molecule has 0 bridgehead atoms. The maximum atomic E-state index is 12.1. The lowest BCUT2D eigenvalue weighted by molar-refractivity contribution is -0.134. The number of carbonyl (C=O) groups is 2. The van der Waals surface area contributed by atoms with Gasteiger partial charge in [0.25, 0.3) is 0 Å². The molecule has 128 valence electrons. The van der Waals surface area contributed by atoms with Gasteiger partial charge in [0.15, 0.2) is 0 Å². The molecule has 1 saturated heterocycles. The fourth-order valence-corrected chi connectivity index (χ4v) is 2.64. The first kappa shape index (κ1) is 18.7. The zero-order valence-electron chi connectivity index (χ0n) is 14.4. The number of nitrogens with zero attached hydrogens (tertiary/aromatic N) is 1. The van der Waals surface area contributed by atoms with Crippen molar-refractivity contribution >= 4 is 12.0 Å². The van der Waals surface area contributed by atoms with Crippen molar-refractivity contribution in [2.45, 2.75) is 71.6 Å². The summed E-state index contributed by atoms with van der Waals surface area (Å²) in [5.74, 6) is 0.0401. The van der Waals surface area contributed by atoms with Gasteiger partial charge in [-0.2, -0.15) is 0 Å². The molecule has 1 fully saturated rings. The Morgan fingerprint density at radius 3 is 2.50 bits per heavy atom. The first-order chi connectivity index (χ1) is 10.1. The van der Waals surface area contributed by atoms with Crippen molar-refractivity contribution in [3.05, 3.63) is 0 Å². The molecule has 1 aliphatic heterocycles. The Kier molecular flexibility index (Phi) is 6.66. The van der Waals surface area contributed by atoms with E-state index in [2.05, 4.69) is 5.32 Å². The third-order valence-electron chi connectivity index (χ3n) is 3.70. The number of nitrogens with one attached hydrogen (secondary N) is 1. The SMILES string of the molecule is CCCC(=O)N1CC(NC(=O)OC(C)(C)C)CC(C(C)O)C1. The van der Waals surface area contributed by atoms with Crippen molar-refractivity contribution in [1.82, 2.24) is 10.2 Å². The van der Waals surface area contributed by atoms with Crippen molar-refractivity contribution in [2.24, 2.45) is 5.92 Å². The fraction of sp³-hybridized carbons (Fsp3) is 0.875. The second-order valence-electron chi connectivity index (χ2n) is 7.13. The topological polar surface area (TPSA) is 78.9 Å². The van der Waals surface area contributed by atoms with Gasteiger partial charge in [-0.15, -0.1) is 0 Å². The lowest BCUT2D eigenvalue weighted by Gasteiger charge is -2.39. The lowest BCUT2D eigenvalue weighted by Crippen LogP contribution is -2.54. The molecule has 22 heavy (non-hydrogen) atoms. The number of ether oxygens (including phenoxy) is 1. The van der Waals surface area contributed by atoms with Gasteiger partial charge < -0.3 is 20.1 Å². The first-order valence-electron chi connectivity index (χ1n) is 8.07. The summed E-state index contributed by atoms with van der Waals surface area (Å²) in [6.07, 6.45) is 0.934. The minimum atomic E-state index is -0.555. The third-order valence-corrected chi connectivity index (χ3v) is 3.70. The van der Waals surface area contributed by atoms with Crippen molar-refractivity contribution < 1.29 is 19.4 Å². The van der Waals surface area contributed by atoms with Crippen LogP contribution in [0.15, 0.2) is 0 Å². The highest BCUT2D eigenvalue weighted by atomic mass is 16.6. The van der Waals surface area contributed by atoms with Crippen LogP contribution in [0, 0.1) is 5.92 Å². The number of alkyl carbamates (subject to hydrolysis) is 1. The molecule has 3 atom stereocenters. The number of amides is 2. The normalized spacial score (nSPS) is 23.8. The fourth-order valence-electron chi connectivity index (χ4n) is 2.64. The Labute approximate surface area is 133 Å². The van der Waals surface area contributed by atoms with E-state index in [0.29, 0.717) is 25.9 Å². The number of likely N-dealkylation sites (tertiary alicyclic amines) is 1. The highest BCUT2D eigenvalue weighted by molar-refractivity contribution is 5.76. The number of rotatable bonds is 4. The van der Waals surface area contributed by atoms with Gasteiger partial charge in [0.2, 0.25) is 5.91 Å².